The Labute approximate surface area is 144 Å². The molecule has 0 saturated carbocycles. The summed E-state index contributed by atoms with van der Waals surface area (Å²) in [7, 11) is 1.25. The first-order chi connectivity index (χ1) is 12.0. The van der Waals surface area contributed by atoms with Gasteiger partial charge in [0.2, 0.25) is 0 Å². The van der Waals surface area contributed by atoms with Crippen molar-refractivity contribution in [2.75, 3.05) is 33.4 Å². The minimum Gasteiger partial charge on any atom is -0.495 e. The van der Waals surface area contributed by atoms with Crippen LogP contribution in [0.15, 0.2) is 12.1 Å². The highest BCUT2D eigenvalue weighted by atomic mass is 19.1. The van der Waals surface area contributed by atoms with Crippen LogP contribution < -0.4 is 10.1 Å². The van der Waals surface area contributed by atoms with Gasteiger partial charge < -0.3 is 25.4 Å². The lowest BCUT2D eigenvalue weighted by molar-refractivity contribution is -0.0113. The number of aliphatic hydroxyl groups is 2. The van der Waals surface area contributed by atoms with Crippen molar-refractivity contribution in [1.82, 2.24) is 10.2 Å². The second-order valence-corrected chi connectivity index (χ2v) is 5.64. The van der Waals surface area contributed by atoms with Crippen LogP contribution in [0.4, 0.5) is 9.18 Å². The number of carbonyl (C=O) groups is 1. The highest BCUT2D eigenvalue weighted by Crippen LogP contribution is 2.43. The van der Waals surface area contributed by atoms with E-state index in [2.05, 4.69) is 5.32 Å². The van der Waals surface area contributed by atoms with Crippen molar-refractivity contribution in [3.05, 3.63) is 29.1 Å². The molecule has 1 aliphatic rings. The average molecular weight is 353 g/mol. The van der Waals surface area contributed by atoms with E-state index >= 15 is 0 Å². The fourth-order valence-electron chi connectivity index (χ4n) is 3.55. The number of ether oxygens (including phenoxy) is 1. The topological polar surface area (TPSA) is 126 Å². The zero-order chi connectivity index (χ0) is 18.6. The van der Waals surface area contributed by atoms with Gasteiger partial charge in [0.05, 0.1) is 25.3 Å². The van der Waals surface area contributed by atoms with Crippen LogP contribution in [0.5, 0.6) is 5.75 Å². The molecule has 1 heterocycles. The molecule has 136 valence electrons. The molecule has 1 saturated heterocycles. The van der Waals surface area contributed by atoms with Gasteiger partial charge in [-0.1, -0.05) is 0 Å². The lowest BCUT2D eigenvalue weighted by Crippen LogP contribution is -2.67. The van der Waals surface area contributed by atoms with E-state index in [9.17, 15) is 29.8 Å². The summed E-state index contributed by atoms with van der Waals surface area (Å²) < 4.78 is 19.2. The molecule has 2 unspecified atom stereocenters. The summed E-state index contributed by atoms with van der Waals surface area (Å²) >= 11 is 0. The first kappa shape index (κ1) is 18.9. The summed E-state index contributed by atoms with van der Waals surface area (Å²) in [6, 6.07) is 3.33. The van der Waals surface area contributed by atoms with E-state index in [0.29, 0.717) is 6.54 Å². The van der Waals surface area contributed by atoms with Crippen molar-refractivity contribution in [2.24, 2.45) is 0 Å². The second-order valence-electron chi connectivity index (χ2n) is 5.64. The molecule has 1 fully saturated rings. The maximum Gasteiger partial charge on any atom is 0.408 e. The van der Waals surface area contributed by atoms with Crippen LogP contribution in [0.1, 0.15) is 17.5 Å². The van der Waals surface area contributed by atoms with Gasteiger partial charge in [-0.15, -0.1) is 0 Å². The Kier molecular flexibility index (Phi) is 5.79. The van der Waals surface area contributed by atoms with Crippen molar-refractivity contribution in [1.29, 1.82) is 5.26 Å². The van der Waals surface area contributed by atoms with Crippen LogP contribution in [0, 0.1) is 17.1 Å². The van der Waals surface area contributed by atoms with Gasteiger partial charge in [-0.25, -0.2) is 9.18 Å². The Morgan fingerprint density at radius 3 is 2.80 bits per heavy atom. The van der Waals surface area contributed by atoms with Crippen LogP contribution in [0.25, 0.3) is 0 Å². The van der Waals surface area contributed by atoms with E-state index in [4.69, 9.17) is 4.74 Å². The number of aliphatic hydroxyl groups excluding tert-OH is 2. The number of nitriles is 1. The van der Waals surface area contributed by atoms with E-state index in [1.807, 2.05) is 0 Å². The molecule has 8 nitrogen and oxygen atoms in total. The molecular weight excluding hydrogens is 333 g/mol. The SMILES string of the molecule is COc1c(C2(CCO)C(CO)NCCN2C(=O)O)ccc(F)c1C#N. The molecule has 0 radical (unpaired) electrons. The highest BCUT2D eigenvalue weighted by molar-refractivity contribution is 5.68. The summed E-state index contributed by atoms with van der Waals surface area (Å²) in [6.45, 7) is -0.413. The van der Waals surface area contributed by atoms with E-state index in [-0.39, 0.29) is 36.4 Å². The largest absolute Gasteiger partial charge is 0.495 e. The summed E-state index contributed by atoms with van der Waals surface area (Å²) in [6.07, 6.45) is -1.32. The standard InChI is InChI=1S/C16H20FN3O5/c1-25-14-10(8-18)12(17)3-2-11(14)16(4-7-21)13(9-22)19-5-6-20(16)15(23)24/h2-3,13,19,21-22H,4-7,9H2,1H3,(H,23,24). The number of benzene rings is 1. The number of halogens is 1. The predicted octanol–water partition coefficient (Wildman–Crippen LogP) is 0.228. The van der Waals surface area contributed by atoms with Gasteiger partial charge in [0.25, 0.3) is 0 Å². The Bertz CT molecular complexity index is 693. The van der Waals surface area contributed by atoms with Gasteiger partial charge in [0, 0.05) is 25.3 Å². The molecule has 0 aliphatic carbocycles. The van der Waals surface area contributed by atoms with Gasteiger partial charge >= 0.3 is 6.09 Å². The molecule has 25 heavy (non-hydrogen) atoms. The van der Waals surface area contributed by atoms with E-state index in [1.165, 1.54) is 13.2 Å². The Balaban J connectivity index is 2.82. The zero-order valence-corrected chi connectivity index (χ0v) is 13.7. The van der Waals surface area contributed by atoms with Crippen molar-refractivity contribution in [3.63, 3.8) is 0 Å². The average Bonchev–Trinajstić information content (AvgIpc) is 2.61. The molecule has 0 aromatic heterocycles. The van der Waals surface area contributed by atoms with Crippen LogP contribution in [0.3, 0.4) is 0 Å². The monoisotopic (exact) mass is 353 g/mol. The number of nitrogens with one attached hydrogen (secondary N) is 1. The first-order valence-corrected chi connectivity index (χ1v) is 7.70. The third kappa shape index (κ3) is 3.00. The van der Waals surface area contributed by atoms with Crippen LogP contribution in [-0.4, -0.2) is 65.8 Å². The maximum atomic E-state index is 14.0. The number of carboxylic acid groups (broad SMARTS) is 1. The van der Waals surface area contributed by atoms with Gasteiger partial charge in [-0.2, -0.15) is 5.26 Å². The smallest absolute Gasteiger partial charge is 0.408 e. The molecule has 2 rings (SSSR count). The number of hydrogen-bond donors (Lipinski definition) is 4. The Morgan fingerprint density at radius 1 is 1.56 bits per heavy atom. The lowest BCUT2D eigenvalue weighted by atomic mass is 9.76. The second kappa shape index (κ2) is 7.65. The summed E-state index contributed by atoms with van der Waals surface area (Å²) in [5.74, 6) is -0.905. The highest BCUT2D eigenvalue weighted by Gasteiger charge is 2.51. The number of nitrogens with zero attached hydrogens (tertiary/aromatic N) is 2. The molecule has 2 atom stereocenters. The summed E-state index contributed by atoms with van der Waals surface area (Å²) in [5.41, 5.74) is -1.56. The normalized spacial score (nSPS) is 23.2. The zero-order valence-electron chi connectivity index (χ0n) is 13.7. The van der Waals surface area contributed by atoms with E-state index < -0.39 is 30.1 Å². The van der Waals surface area contributed by atoms with E-state index in [0.717, 1.165) is 11.0 Å². The minimum atomic E-state index is -1.42. The quantitative estimate of drug-likeness (QED) is 0.597. The molecule has 1 aromatic rings. The fraction of sp³-hybridized carbons (Fsp3) is 0.500. The maximum absolute atomic E-state index is 14.0. The number of amides is 1. The van der Waals surface area contributed by atoms with Crippen molar-refractivity contribution in [3.8, 4) is 11.8 Å². The van der Waals surface area contributed by atoms with Crippen molar-refractivity contribution < 1.29 is 29.2 Å². The predicted molar refractivity (Wildman–Crippen MR) is 84.7 cm³/mol. The summed E-state index contributed by atoms with van der Waals surface area (Å²) in [4.78, 5) is 13.0. The molecule has 9 heteroatoms. The van der Waals surface area contributed by atoms with Crippen molar-refractivity contribution in [2.45, 2.75) is 18.0 Å². The molecule has 0 spiro atoms. The van der Waals surface area contributed by atoms with E-state index in [1.54, 1.807) is 6.07 Å². The van der Waals surface area contributed by atoms with Gasteiger partial charge in [0.15, 0.2) is 0 Å². The number of rotatable bonds is 5. The fourth-order valence-corrected chi connectivity index (χ4v) is 3.55. The number of hydrogen-bond acceptors (Lipinski definition) is 6. The number of methoxy groups -OCH3 is 1. The molecule has 1 aromatic carbocycles. The minimum absolute atomic E-state index is 0.0651. The third-order valence-corrected chi connectivity index (χ3v) is 4.58. The summed E-state index contributed by atoms with van der Waals surface area (Å²) in [5, 5.41) is 41.4. The van der Waals surface area contributed by atoms with Gasteiger partial charge in [-0.05, 0) is 18.6 Å². The first-order valence-electron chi connectivity index (χ1n) is 7.70. The van der Waals surface area contributed by atoms with Crippen LogP contribution in [-0.2, 0) is 5.54 Å². The molecule has 4 N–H and O–H groups in total. The Morgan fingerprint density at radius 2 is 2.28 bits per heavy atom. The molecule has 1 amide bonds. The van der Waals surface area contributed by atoms with Gasteiger partial charge in [0.1, 0.15) is 23.2 Å². The van der Waals surface area contributed by atoms with Crippen molar-refractivity contribution >= 4 is 6.09 Å². The van der Waals surface area contributed by atoms with Crippen LogP contribution in [0.2, 0.25) is 0 Å². The van der Waals surface area contributed by atoms with Gasteiger partial charge in [-0.3, -0.25) is 4.90 Å². The lowest BCUT2D eigenvalue weighted by Gasteiger charge is -2.51. The molecule has 0 bridgehead atoms. The Hall–Kier alpha value is -2.41. The molecular formula is C16H20FN3O5. The molecule has 1 aliphatic heterocycles. The van der Waals surface area contributed by atoms with Crippen LogP contribution >= 0.6 is 0 Å². The number of piperazine rings is 1. The third-order valence-electron chi connectivity index (χ3n) is 4.58.